The van der Waals surface area contributed by atoms with Gasteiger partial charge >= 0.3 is 0 Å². The van der Waals surface area contributed by atoms with Gasteiger partial charge in [0.15, 0.2) is 0 Å². The van der Waals surface area contributed by atoms with E-state index in [-0.39, 0.29) is 0 Å². The number of hydrogen-bond donors (Lipinski definition) is 0. The molecule has 1 nitrogen and oxygen atoms in total. The van der Waals surface area contributed by atoms with Crippen LogP contribution in [-0.4, -0.2) is 4.98 Å². The lowest BCUT2D eigenvalue weighted by Gasteiger charge is -2.05. The highest BCUT2D eigenvalue weighted by molar-refractivity contribution is 9.10. The van der Waals surface area contributed by atoms with Crippen molar-refractivity contribution in [2.75, 3.05) is 0 Å². The molecule has 1 aromatic carbocycles. The molecule has 1 heterocycles. The molecule has 0 aliphatic rings. The second-order valence-electron chi connectivity index (χ2n) is 3.01. The molecule has 72 valence electrons. The lowest BCUT2D eigenvalue weighted by Crippen LogP contribution is -1.85. The predicted octanol–water partition coefficient (Wildman–Crippen LogP) is 4.61. The maximum Gasteiger partial charge on any atom is 0.0914 e. The Bertz CT molecular complexity index is 464. The highest BCUT2D eigenvalue weighted by atomic mass is 79.9. The molecule has 4 heteroatoms. The molecule has 2 rings (SSSR count). The standard InChI is InChI=1S/C10H6BrCl2N/c1-5-4-14-10-6(8(5)12)2-3-7(11)9(10)13/h2-4H,1H3. The minimum atomic E-state index is 0.601. The summed E-state index contributed by atoms with van der Waals surface area (Å²) >= 11 is 15.6. The summed E-state index contributed by atoms with van der Waals surface area (Å²) < 4.78 is 0.832. The minimum Gasteiger partial charge on any atom is -0.254 e. The molecule has 0 saturated carbocycles. The van der Waals surface area contributed by atoms with Crippen LogP contribution >= 0.6 is 39.1 Å². The number of nitrogens with zero attached hydrogens (tertiary/aromatic N) is 1. The van der Waals surface area contributed by atoms with Gasteiger partial charge in [-0.2, -0.15) is 0 Å². The van der Waals surface area contributed by atoms with Crippen LogP contribution in [0.4, 0.5) is 0 Å². The van der Waals surface area contributed by atoms with Gasteiger partial charge in [0.05, 0.1) is 15.6 Å². The SMILES string of the molecule is Cc1cnc2c(Cl)c(Br)ccc2c1Cl. The molecule has 2 aromatic rings. The number of rotatable bonds is 0. The quantitative estimate of drug-likeness (QED) is 0.690. The van der Waals surface area contributed by atoms with E-state index in [2.05, 4.69) is 20.9 Å². The Labute approximate surface area is 100 Å². The third-order valence-electron chi connectivity index (χ3n) is 2.04. The van der Waals surface area contributed by atoms with Crippen LogP contribution in [0.3, 0.4) is 0 Å². The van der Waals surface area contributed by atoms with Crippen molar-refractivity contribution in [3.63, 3.8) is 0 Å². The van der Waals surface area contributed by atoms with Crippen LogP contribution in [0.1, 0.15) is 5.56 Å². The van der Waals surface area contributed by atoms with E-state index in [1.807, 2.05) is 19.1 Å². The summed E-state index contributed by atoms with van der Waals surface area (Å²) in [6, 6.07) is 3.78. The van der Waals surface area contributed by atoms with E-state index in [1.165, 1.54) is 0 Å². The van der Waals surface area contributed by atoms with Crippen molar-refractivity contribution in [3.05, 3.63) is 38.4 Å². The smallest absolute Gasteiger partial charge is 0.0914 e. The molecule has 0 spiro atoms. The number of fused-ring (bicyclic) bond motifs is 1. The summed E-state index contributed by atoms with van der Waals surface area (Å²) in [6.07, 6.45) is 1.73. The molecule has 0 fully saturated rings. The van der Waals surface area contributed by atoms with E-state index in [9.17, 15) is 0 Å². The lowest BCUT2D eigenvalue weighted by atomic mass is 10.2. The van der Waals surface area contributed by atoms with Gasteiger partial charge in [0.2, 0.25) is 0 Å². The van der Waals surface area contributed by atoms with Crippen molar-refractivity contribution in [1.82, 2.24) is 4.98 Å². The number of aromatic nitrogens is 1. The molecule has 0 radical (unpaired) electrons. The van der Waals surface area contributed by atoms with Gasteiger partial charge < -0.3 is 0 Å². The molecular weight excluding hydrogens is 285 g/mol. The summed E-state index contributed by atoms with van der Waals surface area (Å²) in [4.78, 5) is 4.26. The van der Waals surface area contributed by atoms with Crippen LogP contribution in [0, 0.1) is 6.92 Å². The van der Waals surface area contributed by atoms with Gasteiger partial charge in [-0.25, -0.2) is 0 Å². The molecule has 0 atom stereocenters. The zero-order valence-corrected chi connectivity index (χ0v) is 10.4. The summed E-state index contributed by atoms with van der Waals surface area (Å²) in [5, 5.41) is 2.20. The van der Waals surface area contributed by atoms with Crippen molar-refractivity contribution in [3.8, 4) is 0 Å². The van der Waals surface area contributed by atoms with Crippen molar-refractivity contribution in [1.29, 1.82) is 0 Å². The monoisotopic (exact) mass is 289 g/mol. The normalized spacial score (nSPS) is 10.9. The Balaban J connectivity index is 2.94. The first kappa shape index (κ1) is 10.2. The van der Waals surface area contributed by atoms with E-state index in [1.54, 1.807) is 6.20 Å². The first-order valence-corrected chi connectivity index (χ1v) is 5.55. The Morgan fingerprint density at radius 2 is 1.93 bits per heavy atom. The van der Waals surface area contributed by atoms with E-state index in [0.29, 0.717) is 10.0 Å². The van der Waals surface area contributed by atoms with Crippen LogP contribution in [0.15, 0.2) is 22.8 Å². The van der Waals surface area contributed by atoms with Crippen molar-refractivity contribution in [2.24, 2.45) is 0 Å². The van der Waals surface area contributed by atoms with E-state index in [0.717, 1.165) is 20.9 Å². The first-order valence-electron chi connectivity index (χ1n) is 4.00. The molecule has 0 N–H and O–H groups in total. The molecule has 0 saturated heterocycles. The summed E-state index contributed by atoms with van der Waals surface area (Å²) in [5.74, 6) is 0. The van der Waals surface area contributed by atoms with Crippen molar-refractivity contribution in [2.45, 2.75) is 6.92 Å². The van der Waals surface area contributed by atoms with Crippen LogP contribution in [0.2, 0.25) is 10.0 Å². The van der Waals surface area contributed by atoms with Crippen LogP contribution in [-0.2, 0) is 0 Å². The Hall–Kier alpha value is -0.310. The van der Waals surface area contributed by atoms with Gasteiger partial charge in [-0.05, 0) is 34.5 Å². The van der Waals surface area contributed by atoms with Gasteiger partial charge in [-0.3, -0.25) is 4.98 Å². The maximum atomic E-state index is 6.14. The predicted molar refractivity (Wildman–Crippen MR) is 64.2 cm³/mol. The average molecular weight is 291 g/mol. The van der Waals surface area contributed by atoms with Gasteiger partial charge in [0.25, 0.3) is 0 Å². The second kappa shape index (κ2) is 3.69. The van der Waals surface area contributed by atoms with Crippen LogP contribution in [0.25, 0.3) is 10.9 Å². The fourth-order valence-corrected chi connectivity index (χ4v) is 2.01. The maximum absolute atomic E-state index is 6.14. The third kappa shape index (κ3) is 1.52. The van der Waals surface area contributed by atoms with Gasteiger partial charge in [-0.15, -0.1) is 0 Å². The fourth-order valence-electron chi connectivity index (χ4n) is 1.27. The largest absolute Gasteiger partial charge is 0.254 e. The third-order valence-corrected chi connectivity index (χ3v) is 3.81. The highest BCUT2D eigenvalue weighted by Gasteiger charge is 2.08. The minimum absolute atomic E-state index is 0.601. The zero-order valence-electron chi connectivity index (χ0n) is 7.31. The Morgan fingerprint density at radius 3 is 2.64 bits per heavy atom. The molecule has 0 amide bonds. The number of halogens is 3. The second-order valence-corrected chi connectivity index (χ2v) is 4.62. The molecule has 1 aromatic heterocycles. The van der Waals surface area contributed by atoms with Crippen LogP contribution in [0.5, 0.6) is 0 Å². The summed E-state index contributed by atoms with van der Waals surface area (Å²) in [6.45, 7) is 1.92. The van der Waals surface area contributed by atoms with E-state index in [4.69, 9.17) is 23.2 Å². The van der Waals surface area contributed by atoms with E-state index < -0.39 is 0 Å². The number of hydrogen-bond acceptors (Lipinski definition) is 1. The number of benzene rings is 1. The topological polar surface area (TPSA) is 12.9 Å². The zero-order chi connectivity index (χ0) is 10.3. The van der Waals surface area contributed by atoms with Gasteiger partial charge in [0, 0.05) is 16.1 Å². The molecule has 0 bridgehead atoms. The molecule has 0 aliphatic carbocycles. The fraction of sp³-hybridized carbons (Fsp3) is 0.100. The van der Waals surface area contributed by atoms with E-state index >= 15 is 0 Å². The molecule has 14 heavy (non-hydrogen) atoms. The van der Waals surface area contributed by atoms with Crippen molar-refractivity contribution < 1.29 is 0 Å². The summed E-state index contributed by atoms with van der Waals surface area (Å²) in [7, 11) is 0. The first-order chi connectivity index (χ1) is 6.61. The van der Waals surface area contributed by atoms with Crippen molar-refractivity contribution >= 4 is 50.0 Å². The van der Waals surface area contributed by atoms with Gasteiger partial charge in [0.1, 0.15) is 0 Å². The Morgan fingerprint density at radius 1 is 1.21 bits per heavy atom. The highest BCUT2D eigenvalue weighted by Crippen LogP contribution is 2.33. The molecule has 0 unspecified atom stereocenters. The summed E-state index contributed by atoms with van der Waals surface area (Å²) in [5.41, 5.74) is 1.69. The Kier molecular flexibility index (Phi) is 2.69. The van der Waals surface area contributed by atoms with Crippen LogP contribution < -0.4 is 0 Å². The average Bonchev–Trinajstić information content (AvgIpc) is 2.17. The molecular formula is C10H6BrCl2N. The lowest BCUT2D eigenvalue weighted by molar-refractivity contribution is 1.33. The number of pyridine rings is 1. The van der Waals surface area contributed by atoms with Gasteiger partial charge in [-0.1, -0.05) is 29.3 Å². The molecule has 0 aliphatic heterocycles. The number of aryl methyl sites for hydroxylation is 1.